The molecule has 3 aliphatic rings. The molecule has 2 aromatic rings. The second kappa shape index (κ2) is 15.4. The molecule has 0 saturated carbocycles. The number of nitrogens with one attached hydrogen (secondary N) is 2. The highest BCUT2D eigenvalue weighted by Crippen LogP contribution is 2.34. The highest BCUT2D eigenvalue weighted by Gasteiger charge is 2.41. The van der Waals surface area contributed by atoms with Crippen molar-refractivity contribution in [1.82, 2.24) is 20.4 Å². The quantitative estimate of drug-likeness (QED) is 0.179. The van der Waals surface area contributed by atoms with E-state index < -0.39 is 17.3 Å². The zero-order valence-electron chi connectivity index (χ0n) is 26.1. The molecular weight excluding hydrogens is 600 g/mol. The lowest BCUT2D eigenvalue weighted by molar-refractivity contribution is -0.143. The van der Waals surface area contributed by atoms with Crippen LogP contribution >= 0.6 is 12.6 Å². The van der Waals surface area contributed by atoms with Gasteiger partial charge >= 0.3 is 0 Å². The number of unbranched alkanes of at least 4 members (excludes halogenated alkanes) is 1. The lowest BCUT2D eigenvalue weighted by atomic mass is 9.81. The molecule has 2 N–H and O–H groups in total. The Morgan fingerprint density at radius 3 is 2.28 bits per heavy atom. The Bertz CT molecular complexity index is 1470. The highest BCUT2D eigenvalue weighted by atomic mass is 32.1. The number of hydrogen-bond donors (Lipinski definition) is 3. The molecule has 1 aliphatic carbocycles. The molecule has 242 valence electrons. The minimum Gasteiger partial charge on any atom is -0.354 e. The van der Waals surface area contributed by atoms with Crippen LogP contribution in [0.5, 0.6) is 0 Å². The van der Waals surface area contributed by atoms with E-state index in [0.717, 1.165) is 12.0 Å². The first-order valence-corrected chi connectivity index (χ1v) is 16.7. The van der Waals surface area contributed by atoms with Crippen LogP contribution in [0, 0.1) is 11.8 Å². The number of carbonyl (C=O) groups is 5. The van der Waals surface area contributed by atoms with Gasteiger partial charge in [-0.3, -0.25) is 28.9 Å². The standard InChI is InChI=1S/C36H42N4O5S/c1-2-37-33(42)31(25-15-7-4-8-16-25)39-22-20-26(24-13-5-3-6-14-24)23-29(36(39)45)38-32(41)30(46)19-11-12-21-40-34(43)27-17-9-10-18-28(27)35(40)44/h3-10,13,15-18,24,26,29-31,46H,2,11-12,14,19-23H2,1H3,(H,37,42)(H,38,41)/t24?,26-,29?,30?,31?/m0/s1. The van der Waals surface area contributed by atoms with Gasteiger partial charge in [0, 0.05) is 19.6 Å². The number of nitrogens with zero attached hydrogens (tertiary/aromatic N) is 2. The maximum Gasteiger partial charge on any atom is 0.261 e. The van der Waals surface area contributed by atoms with Crippen molar-refractivity contribution in [2.24, 2.45) is 11.8 Å². The predicted octanol–water partition coefficient (Wildman–Crippen LogP) is 4.48. The van der Waals surface area contributed by atoms with Crippen molar-refractivity contribution >= 4 is 42.2 Å². The Labute approximate surface area is 275 Å². The third-order valence-electron chi connectivity index (χ3n) is 9.11. The summed E-state index contributed by atoms with van der Waals surface area (Å²) in [6, 6.07) is 14.4. The van der Waals surface area contributed by atoms with Gasteiger partial charge in [-0.05, 0) is 68.6 Å². The van der Waals surface area contributed by atoms with Crippen LogP contribution in [0.2, 0.25) is 0 Å². The summed E-state index contributed by atoms with van der Waals surface area (Å²) >= 11 is 4.58. The average Bonchev–Trinajstić information content (AvgIpc) is 3.21. The topological polar surface area (TPSA) is 116 Å². The molecule has 1 fully saturated rings. The fourth-order valence-corrected chi connectivity index (χ4v) is 6.94. The van der Waals surface area contributed by atoms with Crippen LogP contribution in [0.1, 0.15) is 77.8 Å². The lowest BCUT2D eigenvalue weighted by Crippen LogP contribution is -2.52. The molecule has 5 atom stereocenters. The van der Waals surface area contributed by atoms with Gasteiger partial charge in [0.2, 0.25) is 17.7 Å². The van der Waals surface area contributed by atoms with E-state index in [1.54, 1.807) is 29.2 Å². The number of benzene rings is 2. The van der Waals surface area contributed by atoms with Gasteiger partial charge in [0.15, 0.2) is 0 Å². The first-order valence-electron chi connectivity index (χ1n) is 16.2. The van der Waals surface area contributed by atoms with Crippen LogP contribution in [-0.4, -0.2) is 70.3 Å². The van der Waals surface area contributed by atoms with E-state index in [-0.39, 0.29) is 47.9 Å². The van der Waals surface area contributed by atoms with Gasteiger partial charge in [-0.25, -0.2) is 0 Å². The molecule has 5 rings (SSSR count). The number of likely N-dealkylation sites (N-methyl/N-ethyl adjacent to an activating group) is 1. The molecule has 5 amide bonds. The second-order valence-electron chi connectivity index (χ2n) is 12.1. The molecule has 2 heterocycles. The minimum atomic E-state index is -0.817. The smallest absolute Gasteiger partial charge is 0.261 e. The van der Waals surface area contributed by atoms with E-state index in [2.05, 4.69) is 35.4 Å². The van der Waals surface area contributed by atoms with Gasteiger partial charge in [0.05, 0.1) is 16.4 Å². The Hall–Kier alpha value is -4.18. The molecule has 0 radical (unpaired) electrons. The lowest BCUT2D eigenvalue weighted by Gasteiger charge is -2.32. The molecule has 46 heavy (non-hydrogen) atoms. The summed E-state index contributed by atoms with van der Waals surface area (Å²) in [4.78, 5) is 69.3. The third-order valence-corrected chi connectivity index (χ3v) is 9.61. The van der Waals surface area contributed by atoms with Crippen LogP contribution in [0.15, 0.2) is 78.9 Å². The van der Waals surface area contributed by atoms with Crippen molar-refractivity contribution in [1.29, 1.82) is 0 Å². The van der Waals surface area contributed by atoms with E-state index >= 15 is 0 Å². The van der Waals surface area contributed by atoms with Crippen molar-refractivity contribution in [2.45, 2.75) is 62.8 Å². The van der Waals surface area contributed by atoms with Gasteiger partial charge in [-0.2, -0.15) is 12.6 Å². The monoisotopic (exact) mass is 642 g/mol. The second-order valence-corrected chi connectivity index (χ2v) is 12.7. The van der Waals surface area contributed by atoms with Gasteiger partial charge in [0.1, 0.15) is 12.1 Å². The van der Waals surface area contributed by atoms with Gasteiger partial charge in [-0.1, -0.05) is 73.2 Å². The Morgan fingerprint density at radius 2 is 1.63 bits per heavy atom. The first-order chi connectivity index (χ1) is 22.3. The molecule has 10 heteroatoms. The molecule has 4 unspecified atom stereocenters. The number of allylic oxidation sites excluding steroid dienone is 4. The predicted molar refractivity (Wildman–Crippen MR) is 179 cm³/mol. The van der Waals surface area contributed by atoms with Crippen LogP contribution in [0.4, 0.5) is 0 Å². The highest BCUT2D eigenvalue weighted by molar-refractivity contribution is 7.81. The summed E-state index contributed by atoms with van der Waals surface area (Å²) < 4.78 is 0. The Balaban J connectivity index is 1.25. The van der Waals surface area contributed by atoms with E-state index in [4.69, 9.17) is 0 Å². The zero-order valence-corrected chi connectivity index (χ0v) is 27.0. The maximum atomic E-state index is 14.2. The first kappa shape index (κ1) is 33.2. The van der Waals surface area contributed by atoms with E-state index in [9.17, 15) is 24.0 Å². The van der Waals surface area contributed by atoms with Crippen molar-refractivity contribution in [3.05, 3.63) is 95.6 Å². The summed E-state index contributed by atoms with van der Waals surface area (Å²) in [5.74, 6) is -1.12. The number of amides is 5. The summed E-state index contributed by atoms with van der Waals surface area (Å²) in [6.45, 7) is 2.93. The summed E-state index contributed by atoms with van der Waals surface area (Å²) in [7, 11) is 0. The third kappa shape index (κ3) is 7.44. The summed E-state index contributed by atoms with van der Waals surface area (Å²) in [5.41, 5.74) is 1.55. The molecule has 0 spiro atoms. The van der Waals surface area contributed by atoms with Gasteiger partial charge < -0.3 is 15.5 Å². The Morgan fingerprint density at radius 1 is 0.935 bits per heavy atom. The number of thiol groups is 1. The number of rotatable bonds is 12. The molecule has 1 saturated heterocycles. The SMILES string of the molecule is CCNC(=O)C(c1ccccc1)N1CC[C@H](C2C=CC=CC2)CC(NC(=O)C(S)CCCCN2C(=O)c3ccccc3C2=O)C1=O. The van der Waals surface area contributed by atoms with Crippen LogP contribution in [0.3, 0.4) is 0 Å². The van der Waals surface area contributed by atoms with E-state index in [0.29, 0.717) is 56.3 Å². The van der Waals surface area contributed by atoms with E-state index in [1.165, 1.54) is 4.90 Å². The fourth-order valence-electron chi connectivity index (χ4n) is 6.68. The van der Waals surface area contributed by atoms with Crippen LogP contribution in [0.25, 0.3) is 0 Å². The maximum absolute atomic E-state index is 14.2. The van der Waals surface area contributed by atoms with Gasteiger partial charge in [-0.15, -0.1) is 0 Å². The molecule has 0 bridgehead atoms. The van der Waals surface area contributed by atoms with E-state index in [1.807, 2.05) is 49.4 Å². The summed E-state index contributed by atoms with van der Waals surface area (Å²) in [6.07, 6.45) is 11.9. The number of fused-ring (bicyclic) bond motifs is 1. The number of hydrogen-bond acceptors (Lipinski definition) is 6. The average molecular weight is 643 g/mol. The normalized spacial score (nSPS) is 22.3. The number of carbonyl (C=O) groups excluding carboxylic acids is 5. The summed E-state index contributed by atoms with van der Waals surface area (Å²) in [5, 5.41) is 5.20. The molecule has 2 aliphatic heterocycles. The molecule has 0 aromatic heterocycles. The van der Waals surface area contributed by atoms with Crippen LogP contribution in [-0.2, 0) is 14.4 Å². The minimum absolute atomic E-state index is 0.129. The van der Waals surface area contributed by atoms with Crippen molar-refractivity contribution in [3.63, 3.8) is 0 Å². The van der Waals surface area contributed by atoms with Crippen molar-refractivity contribution < 1.29 is 24.0 Å². The van der Waals surface area contributed by atoms with Crippen molar-refractivity contribution in [3.8, 4) is 0 Å². The number of likely N-dealkylation sites (tertiary alicyclic amines) is 1. The zero-order chi connectivity index (χ0) is 32.6. The largest absolute Gasteiger partial charge is 0.354 e. The molecule has 9 nitrogen and oxygen atoms in total. The number of imide groups is 1. The fraction of sp³-hybridized carbons (Fsp3) is 0.417. The van der Waals surface area contributed by atoms with Gasteiger partial charge in [0.25, 0.3) is 11.8 Å². The Kier molecular flexibility index (Phi) is 11.1. The van der Waals surface area contributed by atoms with Crippen molar-refractivity contribution in [2.75, 3.05) is 19.6 Å². The molecule has 2 aromatic carbocycles. The molecular formula is C36H42N4O5S. The van der Waals surface area contributed by atoms with Crippen LogP contribution < -0.4 is 10.6 Å².